The highest BCUT2D eigenvalue weighted by molar-refractivity contribution is 5.71. The van der Waals surface area contributed by atoms with Crippen molar-refractivity contribution >= 4 is 11.2 Å². The number of aromatic nitrogens is 3. The number of imidazole rings is 1. The molecule has 0 radical (unpaired) electrons. The van der Waals surface area contributed by atoms with E-state index in [1.54, 1.807) is 0 Å². The van der Waals surface area contributed by atoms with Crippen molar-refractivity contribution in [3.63, 3.8) is 0 Å². The lowest BCUT2D eigenvalue weighted by Gasteiger charge is -2.27. The van der Waals surface area contributed by atoms with E-state index in [2.05, 4.69) is 32.8 Å². The number of nitrogens with zero attached hydrogens (tertiary/aromatic N) is 4. The topological polar surface area (TPSA) is 46.0 Å². The van der Waals surface area contributed by atoms with Gasteiger partial charge in [0.25, 0.3) is 0 Å². The molecule has 5 heteroatoms. The first-order valence-electron chi connectivity index (χ1n) is 9.12. The molecular weight excluding hydrogens is 286 g/mol. The van der Waals surface area contributed by atoms with Crippen molar-refractivity contribution in [1.29, 1.82) is 0 Å². The molecular formula is C18H27N5. The van der Waals surface area contributed by atoms with Crippen LogP contribution in [0.5, 0.6) is 0 Å². The third-order valence-corrected chi connectivity index (χ3v) is 5.41. The lowest BCUT2D eigenvalue weighted by molar-refractivity contribution is 0.311. The van der Waals surface area contributed by atoms with Crippen LogP contribution in [0.15, 0.2) is 18.3 Å². The van der Waals surface area contributed by atoms with Crippen LogP contribution in [0, 0.1) is 5.92 Å². The molecule has 4 rings (SSSR count). The molecule has 4 heterocycles. The summed E-state index contributed by atoms with van der Waals surface area (Å²) in [6, 6.07) is 4.09. The van der Waals surface area contributed by atoms with Crippen LogP contribution in [-0.2, 0) is 6.42 Å². The maximum Gasteiger partial charge on any atom is 0.161 e. The van der Waals surface area contributed by atoms with Crippen molar-refractivity contribution < 1.29 is 0 Å². The molecule has 0 amide bonds. The summed E-state index contributed by atoms with van der Waals surface area (Å²) < 4.78 is 2.39. The van der Waals surface area contributed by atoms with Crippen LogP contribution in [0.2, 0.25) is 0 Å². The van der Waals surface area contributed by atoms with E-state index in [0.717, 1.165) is 30.0 Å². The number of hydrogen-bond donors (Lipinski definition) is 1. The van der Waals surface area contributed by atoms with Crippen LogP contribution in [0.3, 0.4) is 0 Å². The van der Waals surface area contributed by atoms with Crippen molar-refractivity contribution in [3.05, 3.63) is 24.2 Å². The van der Waals surface area contributed by atoms with Gasteiger partial charge >= 0.3 is 0 Å². The summed E-state index contributed by atoms with van der Waals surface area (Å²) in [5.41, 5.74) is 2.09. The summed E-state index contributed by atoms with van der Waals surface area (Å²) in [5.74, 6) is 1.95. The fourth-order valence-electron chi connectivity index (χ4n) is 4.13. The molecule has 0 spiro atoms. The highest BCUT2D eigenvalue weighted by Gasteiger charge is 2.26. The second-order valence-corrected chi connectivity index (χ2v) is 6.96. The molecule has 23 heavy (non-hydrogen) atoms. The second kappa shape index (κ2) is 6.57. The first-order chi connectivity index (χ1) is 11.3. The molecule has 2 unspecified atom stereocenters. The van der Waals surface area contributed by atoms with Crippen LogP contribution in [-0.4, -0.2) is 45.6 Å². The normalized spacial score (nSPS) is 26.1. The van der Waals surface area contributed by atoms with Crippen molar-refractivity contribution in [1.82, 2.24) is 24.8 Å². The SMILES string of the molecule is CCN1CCC(Cc2nc3cccnc3n2C2CCCCN2)C1. The van der Waals surface area contributed by atoms with Crippen molar-refractivity contribution in [2.75, 3.05) is 26.2 Å². The minimum Gasteiger partial charge on any atom is -0.303 e. The molecule has 2 aliphatic heterocycles. The maximum atomic E-state index is 4.94. The van der Waals surface area contributed by atoms with Crippen LogP contribution in [0.4, 0.5) is 0 Å². The number of piperidine rings is 1. The molecule has 2 aromatic rings. The lowest BCUT2D eigenvalue weighted by Crippen LogP contribution is -2.33. The summed E-state index contributed by atoms with van der Waals surface area (Å²) in [4.78, 5) is 12.1. The fraction of sp³-hybridized carbons (Fsp3) is 0.667. The zero-order valence-corrected chi connectivity index (χ0v) is 14.0. The van der Waals surface area contributed by atoms with Gasteiger partial charge in [0.05, 0.1) is 6.17 Å². The predicted molar refractivity (Wildman–Crippen MR) is 92.3 cm³/mol. The third kappa shape index (κ3) is 3.00. The largest absolute Gasteiger partial charge is 0.303 e. The van der Waals surface area contributed by atoms with Gasteiger partial charge < -0.3 is 4.90 Å². The number of likely N-dealkylation sites (tertiary alicyclic amines) is 1. The molecule has 2 fully saturated rings. The average molecular weight is 313 g/mol. The van der Waals surface area contributed by atoms with Gasteiger partial charge in [-0.3, -0.25) is 9.88 Å². The smallest absolute Gasteiger partial charge is 0.161 e. The highest BCUT2D eigenvalue weighted by Crippen LogP contribution is 2.27. The highest BCUT2D eigenvalue weighted by atomic mass is 15.2. The van der Waals surface area contributed by atoms with E-state index in [9.17, 15) is 0 Å². The number of fused-ring (bicyclic) bond motifs is 1. The Bertz CT molecular complexity index is 658. The van der Waals surface area contributed by atoms with Gasteiger partial charge in [-0.05, 0) is 63.4 Å². The summed E-state index contributed by atoms with van der Waals surface area (Å²) in [5, 5.41) is 3.67. The Hall–Kier alpha value is -1.46. The molecule has 2 aromatic heterocycles. The average Bonchev–Trinajstić information content (AvgIpc) is 3.19. The van der Waals surface area contributed by atoms with Crippen LogP contribution >= 0.6 is 0 Å². The molecule has 124 valence electrons. The molecule has 2 atom stereocenters. The zero-order chi connectivity index (χ0) is 15.6. The predicted octanol–water partition coefficient (Wildman–Crippen LogP) is 2.59. The minimum atomic E-state index is 0.363. The van der Waals surface area contributed by atoms with Crippen LogP contribution in [0.25, 0.3) is 11.2 Å². The van der Waals surface area contributed by atoms with Crippen molar-refractivity contribution in [2.24, 2.45) is 5.92 Å². The van der Waals surface area contributed by atoms with Crippen LogP contribution < -0.4 is 5.32 Å². The Labute approximate surface area is 138 Å². The Morgan fingerprint density at radius 1 is 1.30 bits per heavy atom. The summed E-state index contributed by atoms with van der Waals surface area (Å²) in [6.45, 7) is 6.97. The molecule has 0 saturated carbocycles. The van der Waals surface area contributed by atoms with Gasteiger partial charge in [0, 0.05) is 19.2 Å². The molecule has 2 saturated heterocycles. The van der Waals surface area contributed by atoms with E-state index in [1.165, 1.54) is 51.1 Å². The fourth-order valence-corrected chi connectivity index (χ4v) is 4.13. The monoisotopic (exact) mass is 313 g/mol. The molecule has 5 nitrogen and oxygen atoms in total. The van der Waals surface area contributed by atoms with Gasteiger partial charge in [0.1, 0.15) is 11.3 Å². The van der Waals surface area contributed by atoms with E-state index in [1.807, 2.05) is 12.3 Å². The molecule has 0 aromatic carbocycles. The van der Waals surface area contributed by atoms with Gasteiger partial charge in [0.2, 0.25) is 0 Å². The quantitative estimate of drug-likeness (QED) is 0.942. The first kappa shape index (κ1) is 15.1. The Kier molecular flexibility index (Phi) is 4.31. The van der Waals surface area contributed by atoms with Crippen LogP contribution in [0.1, 0.15) is 44.6 Å². The zero-order valence-electron chi connectivity index (χ0n) is 14.0. The van der Waals surface area contributed by atoms with E-state index < -0.39 is 0 Å². The summed E-state index contributed by atoms with van der Waals surface area (Å²) in [6.07, 6.45) is 8.37. The lowest BCUT2D eigenvalue weighted by atomic mass is 10.0. The van der Waals surface area contributed by atoms with E-state index in [4.69, 9.17) is 4.98 Å². The Morgan fingerprint density at radius 2 is 2.26 bits per heavy atom. The van der Waals surface area contributed by atoms with Gasteiger partial charge in [-0.25, -0.2) is 9.97 Å². The molecule has 1 N–H and O–H groups in total. The number of nitrogens with one attached hydrogen (secondary N) is 1. The number of pyridine rings is 1. The van der Waals surface area contributed by atoms with Gasteiger partial charge in [0.15, 0.2) is 5.65 Å². The molecule has 2 aliphatic rings. The number of hydrogen-bond acceptors (Lipinski definition) is 4. The second-order valence-electron chi connectivity index (χ2n) is 6.96. The Morgan fingerprint density at radius 3 is 3.04 bits per heavy atom. The van der Waals surface area contributed by atoms with E-state index >= 15 is 0 Å². The van der Waals surface area contributed by atoms with Gasteiger partial charge in [-0.2, -0.15) is 0 Å². The molecule has 0 bridgehead atoms. The first-order valence-corrected chi connectivity index (χ1v) is 9.12. The summed E-state index contributed by atoms with van der Waals surface area (Å²) in [7, 11) is 0. The van der Waals surface area contributed by atoms with E-state index in [-0.39, 0.29) is 0 Å². The number of rotatable bonds is 4. The maximum absolute atomic E-state index is 4.94. The van der Waals surface area contributed by atoms with Crippen molar-refractivity contribution in [3.8, 4) is 0 Å². The summed E-state index contributed by atoms with van der Waals surface area (Å²) >= 11 is 0. The standard InChI is InChI=1S/C18H27N5/c1-2-22-11-8-14(13-22)12-17-21-15-6-5-10-20-18(15)23(17)16-7-3-4-9-19-16/h5-6,10,14,16,19H,2-4,7-9,11-13H2,1H3. The van der Waals surface area contributed by atoms with E-state index in [0.29, 0.717) is 6.17 Å². The molecule has 0 aliphatic carbocycles. The van der Waals surface area contributed by atoms with Crippen molar-refractivity contribution in [2.45, 2.75) is 45.2 Å². The van der Waals surface area contributed by atoms with Gasteiger partial charge in [-0.1, -0.05) is 6.92 Å². The van der Waals surface area contributed by atoms with Gasteiger partial charge in [-0.15, -0.1) is 0 Å². The third-order valence-electron chi connectivity index (χ3n) is 5.41. The minimum absolute atomic E-state index is 0.363. The Balaban J connectivity index is 1.65.